The Bertz CT molecular complexity index is 485. The first kappa shape index (κ1) is 12.4. The maximum atomic E-state index is 9.57. The first-order chi connectivity index (χ1) is 8.79. The Morgan fingerprint density at radius 1 is 1.39 bits per heavy atom. The summed E-state index contributed by atoms with van der Waals surface area (Å²) < 4.78 is 5.32. The third-order valence-corrected chi connectivity index (χ3v) is 2.41. The number of nitrogens with one attached hydrogen (secondary N) is 2. The second-order valence-corrected chi connectivity index (χ2v) is 3.77. The lowest BCUT2D eigenvalue weighted by atomic mass is 10.2. The lowest BCUT2D eigenvalue weighted by molar-refractivity contribution is 0.317. The summed E-state index contributed by atoms with van der Waals surface area (Å²) in [5.41, 5.74) is 1.04. The monoisotopic (exact) mass is 248 g/mol. The number of benzene rings is 1. The Hall–Kier alpha value is -2.08. The van der Waals surface area contributed by atoms with Crippen molar-refractivity contribution in [3.8, 4) is 11.5 Å². The molecule has 0 saturated carbocycles. The highest BCUT2D eigenvalue weighted by atomic mass is 16.5. The highest BCUT2D eigenvalue weighted by Crippen LogP contribution is 2.26. The lowest BCUT2D eigenvalue weighted by Gasteiger charge is -2.08. The van der Waals surface area contributed by atoms with Crippen molar-refractivity contribution in [3.63, 3.8) is 0 Å². The van der Waals surface area contributed by atoms with Gasteiger partial charge in [0.2, 0.25) is 0 Å². The first-order valence-corrected chi connectivity index (χ1v) is 5.79. The minimum Gasteiger partial charge on any atom is -0.504 e. The molecule has 96 valence electrons. The molecule has 0 fully saturated rings. The second-order valence-electron chi connectivity index (χ2n) is 3.77. The molecule has 0 aliphatic heterocycles. The number of hydrogen-bond donors (Lipinski definition) is 3. The minimum absolute atomic E-state index is 0.163. The largest absolute Gasteiger partial charge is 0.504 e. The second kappa shape index (κ2) is 6.02. The SMILES string of the molecule is CCOc1cc(CNCc2ncn[nH]2)ccc1O. The fourth-order valence-electron chi connectivity index (χ4n) is 1.58. The number of hydrogen-bond acceptors (Lipinski definition) is 5. The fraction of sp³-hybridized carbons (Fsp3) is 0.333. The predicted molar refractivity (Wildman–Crippen MR) is 66.2 cm³/mol. The molecule has 2 rings (SSSR count). The third kappa shape index (κ3) is 3.21. The molecule has 0 aliphatic rings. The van der Waals surface area contributed by atoms with Gasteiger partial charge in [0.1, 0.15) is 12.2 Å². The van der Waals surface area contributed by atoms with Gasteiger partial charge in [0.05, 0.1) is 13.2 Å². The number of rotatable bonds is 6. The zero-order valence-electron chi connectivity index (χ0n) is 10.2. The van der Waals surface area contributed by atoms with E-state index in [0.29, 0.717) is 25.4 Å². The standard InChI is InChI=1S/C12H16N4O2/c1-2-18-11-5-9(3-4-10(11)17)6-13-7-12-14-8-15-16-12/h3-5,8,13,17H,2,6-7H2,1H3,(H,14,15,16). The Balaban J connectivity index is 1.90. The van der Waals surface area contributed by atoms with Gasteiger partial charge in [-0.25, -0.2) is 4.98 Å². The molecule has 0 bridgehead atoms. The van der Waals surface area contributed by atoms with Gasteiger partial charge in [-0.15, -0.1) is 0 Å². The van der Waals surface area contributed by atoms with Gasteiger partial charge in [-0.2, -0.15) is 5.10 Å². The van der Waals surface area contributed by atoms with Gasteiger partial charge in [-0.1, -0.05) is 6.07 Å². The van der Waals surface area contributed by atoms with Crippen LogP contribution in [0.15, 0.2) is 24.5 Å². The predicted octanol–water partition coefficient (Wildman–Crippen LogP) is 1.20. The summed E-state index contributed by atoms with van der Waals surface area (Å²) in [4.78, 5) is 4.01. The number of aromatic hydroxyl groups is 1. The van der Waals surface area contributed by atoms with Crippen LogP contribution >= 0.6 is 0 Å². The van der Waals surface area contributed by atoms with Crippen LogP contribution in [0, 0.1) is 0 Å². The van der Waals surface area contributed by atoms with E-state index in [9.17, 15) is 5.11 Å². The third-order valence-electron chi connectivity index (χ3n) is 2.41. The van der Waals surface area contributed by atoms with Crippen LogP contribution in [0.4, 0.5) is 0 Å². The molecule has 0 saturated heterocycles. The summed E-state index contributed by atoms with van der Waals surface area (Å²) in [7, 11) is 0. The van der Waals surface area contributed by atoms with Crippen LogP contribution in [0.1, 0.15) is 18.3 Å². The highest BCUT2D eigenvalue weighted by molar-refractivity contribution is 5.41. The Morgan fingerprint density at radius 2 is 2.28 bits per heavy atom. The van der Waals surface area contributed by atoms with E-state index in [1.54, 1.807) is 6.07 Å². The quantitative estimate of drug-likeness (QED) is 0.715. The van der Waals surface area contributed by atoms with Crippen LogP contribution in [0.5, 0.6) is 11.5 Å². The van der Waals surface area contributed by atoms with Gasteiger partial charge in [0.15, 0.2) is 11.5 Å². The molecule has 0 radical (unpaired) electrons. The number of ether oxygens (including phenoxy) is 1. The summed E-state index contributed by atoms with van der Waals surface area (Å²) in [5.74, 6) is 1.46. The number of H-pyrrole nitrogens is 1. The summed E-state index contributed by atoms with van der Waals surface area (Å²) >= 11 is 0. The summed E-state index contributed by atoms with van der Waals surface area (Å²) in [6.45, 7) is 3.70. The van der Waals surface area contributed by atoms with Crippen molar-refractivity contribution in [3.05, 3.63) is 35.9 Å². The lowest BCUT2D eigenvalue weighted by Crippen LogP contribution is -2.13. The molecule has 2 aromatic rings. The number of phenolic OH excluding ortho intramolecular Hbond substituents is 1. The maximum Gasteiger partial charge on any atom is 0.161 e. The van der Waals surface area contributed by atoms with E-state index in [4.69, 9.17) is 4.74 Å². The summed E-state index contributed by atoms with van der Waals surface area (Å²) in [6.07, 6.45) is 1.48. The van der Waals surface area contributed by atoms with Crippen molar-refractivity contribution >= 4 is 0 Å². The molecule has 0 aliphatic carbocycles. The van der Waals surface area contributed by atoms with Gasteiger partial charge >= 0.3 is 0 Å². The van der Waals surface area contributed by atoms with Gasteiger partial charge in [-0.3, -0.25) is 5.10 Å². The Kier molecular flexibility index (Phi) is 4.14. The molecule has 3 N–H and O–H groups in total. The zero-order valence-corrected chi connectivity index (χ0v) is 10.2. The van der Waals surface area contributed by atoms with Crippen LogP contribution in [0.25, 0.3) is 0 Å². The van der Waals surface area contributed by atoms with Crippen LogP contribution in [0.2, 0.25) is 0 Å². The average Bonchev–Trinajstić information content (AvgIpc) is 2.87. The average molecular weight is 248 g/mol. The van der Waals surface area contributed by atoms with E-state index < -0.39 is 0 Å². The Morgan fingerprint density at radius 3 is 3.00 bits per heavy atom. The molecule has 1 aromatic carbocycles. The highest BCUT2D eigenvalue weighted by Gasteiger charge is 2.03. The molecule has 18 heavy (non-hydrogen) atoms. The number of aromatic amines is 1. The molecule has 0 unspecified atom stereocenters. The molecule has 6 heteroatoms. The molecular formula is C12H16N4O2. The molecule has 0 atom stereocenters. The van der Waals surface area contributed by atoms with Gasteiger partial charge < -0.3 is 15.2 Å². The topological polar surface area (TPSA) is 83.1 Å². The van der Waals surface area contributed by atoms with Gasteiger partial charge in [0.25, 0.3) is 0 Å². The molecular weight excluding hydrogens is 232 g/mol. The van der Waals surface area contributed by atoms with E-state index >= 15 is 0 Å². The van der Waals surface area contributed by atoms with Crippen molar-refractivity contribution in [2.24, 2.45) is 0 Å². The maximum absolute atomic E-state index is 9.57. The molecule has 6 nitrogen and oxygen atoms in total. The molecule has 1 aromatic heterocycles. The smallest absolute Gasteiger partial charge is 0.161 e. The van der Waals surface area contributed by atoms with E-state index in [1.165, 1.54) is 6.33 Å². The zero-order chi connectivity index (χ0) is 12.8. The van der Waals surface area contributed by atoms with Crippen molar-refractivity contribution in [1.29, 1.82) is 0 Å². The van der Waals surface area contributed by atoms with Crippen molar-refractivity contribution in [1.82, 2.24) is 20.5 Å². The van der Waals surface area contributed by atoms with Crippen LogP contribution in [-0.4, -0.2) is 26.9 Å². The minimum atomic E-state index is 0.163. The van der Waals surface area contributed by atoms with Crippen molar-refractivity contribution in [2.45, 2.75) is 20.0 Å². The first-order valence-electron chi connectivity index (χ1n) is 5.79. The van der Waals surface area contributed by atoms with Crippen molar-refractivity contribution in [2.75, 3.05) is 6.61 Å². The molecule has 0 spiro atoms. The van der Waals surface area contributed by atoms with Crippen molar-refractivity contribution < 1.29 is 9.84 Å². The van der Waals surface area contributed by atoms with E-state index in [2.05, 4.69) is 20.5 Å². The fourth-order valence-corrected chi connectivity index (χ4v) is 1.58. The van der Waals surface area contributed by atoms with Crippen LogP contribution < -0.4 is 10.1 Å². The number of nitrogens with zero attached hydrogens (tertiary/aromatic N) is 2. The van der Waals surface area contributed by atoms with Crippen LogP contribution in [0.3, 0.4) is 0 Å². The summed E-state index contributed by atoms with van der Waals surface area (Å²) in [6, 6.07) is 5.31. The summed E-state index contributed by atoms with van der Waals surface area (Å²) in [5, 5.41) is 19.3. The number of phenols is 1. The van der Waals surface area contributed by atoms with Crippen LogP contribution in [-0.2, 0) is 13.1 Å². The van der Waals surface area contributed by atoms with E-state index in [-0.39, 0.29) is 5.75 Å². The molecule has 0 amide bonds. The van der Waals surface area contributed by atoms with Gasteiger partial charge in [-0.05, 0) is 24.6 Å². The Labute approximate surface area is 105 Å². The normalized spacial score (nSPS) is 10.5. The number of aromatic nitrogens is 3. The molecule has 1 heterocycles. The van der Waals surface area contributed by atoms with Gasteiger partial charge in [0, 0.05) is 6.54 Å². The van der Waals surface area contributed by atoms with E-state index in [1.807, 2.05) is 19.1 Å². The van der Waals surface area contributed by atoms with E-state index in [0.717, 1.165) is 11.4 Å².